The predicted molar refractivity (Wildman–Crippen MR) is 202 cm³/mol. The number of hydrogen-bond acceptors (Lipinski definition) is 12. The Morgan fingerprint density at radius 2 is 1.94 bits per heavy atom. The number of rotatable bonds is 7. The van der Waals surface area contributed by atoms with E-state index < -0.39 is 13.7 Å². The van der Waals surface area contributed by atoms with E-state index in [2.05, 4.69) is 68.4 Å². The number of ether oxygens (including phenoxy) is 1. The van der Waals surface area contributed by atoms with E-state index in [1.54, 1.807) is 11.3 Å². The molecule has 8 rings (SSSR count). The Morgan fingerprint density at radius 1 is 1.16 bits per heavy atom. The number of hydrogen-bond donors (Lipinski definition) is 1. The fourth-order valence-electron chi connectivity index (χ4n) is 8.84. The van der Waals surface area contributed by atoms with Crippen LogP contribution in [0.1, 0.15) is 99.6 Å². The van der Waals surface area contributed by atoms with E-state index in [9.17, 15) is 5.26 Å². The summed E-state index contributed by atoms with van der Waals surface area (Å²) >= 11 is 1.56. The number of likely N-dealkylation sites (tertiary alicyclic amines) is 1. The van der Waals surface area contributed by atoms with Gasteiger partial charge in [0.15, 0.2) is 31.2 Å². The Labute approximate surface area is 305 Å². The normalized spacial score (nSPS) is 22.9. The molecule has 4 aliphatic rings. The Hall–Kier alpha value is -3.51. The van der Waals surface area contributed by atoms with E-state index in [0.717, 1.165) is 85.2 Å². The molecule has 0 amide bonds. The Morgan fingerprint density at radius 3 is 2.67 bits per heavy atom. The van der Waals surface area contributed by atoms with Gasteiger partial charge in [0.05, 0.1) is 30.2 Å². The minimum atomic E-state index is -1.95. The monoisotopic (exact) mass is 729 g/mol. The predicted octanol–water partition coefficient (Wildman–Crippen LogP) is 6.83. The first-order chi connectivity index (χ1) is 24.3. The molecule has 51 heavy (non-hydrogen) atoms. The van der Waals surface area contributed by atoms with Crippen molar-refractivity contribution < 1.29 is 13.7 Å². The van der Waals surface area contributed by atoms with Crippen molar-refractivity contribution in [2.24, 2.45) is 0 Å². The van der Waals surface area contributed by atoms with E-state index in [1.165, 1.54) is 11.3 Å². The molecule has 1 saturated heterocycles. The third-order valence-corrected chi connectivity index (χ3v) is 18.2. The van der Waals surface area contributed by atoms with Crippen LogP contribution in [0.5, 0.6) is 5.88 Å². The molecule has 0 aromatic carbocycles. The summed E-state index contributed by atoms with van der Waals surface area (Å²) in [6.07, 6.45) is 7.79. The Kier molecular flexibility index (Phi) is 8.52. The van der Waals surface area contributed by atoms with Gasteiger partial charge in [-0.1, -0.05) is 25.9 Å². The topological polar surface area (TPSA) is 144 Å². The van der Waals surface area contributed by atoms with E-state index >= 15 is 0 Å². The molecular formula is C37H51N9O3SSi. The van der Waals surface area contributed by atoms with Crippen LogP contribution in [0.25, 0.3) is 22.6 Å². The minimum Gasteiger partial charge on any atom is -0.474 e. The molecule has 3 atom stereocenters. The third kappa shape index (κ3) is 5.49. The molecule has 0 bridgehead atoms. The molecule has 2 N–H and O–H groups in total. The van der Waals surface area contributed by atoms with Crippen molar-refractivity contribution in [3.8, 4) is 23.5 Å². The molecule has 0 unspecified atom stereocenters. The lowest BCUT2D eigenvalue weighted by atomic mass is 9.63. The van der Waals surface area contributed by atoms with Gasteiger partial charge in [-0.25, -0.2) is 14.6 Å². The van der Waals surface area contributed by atoms with Crippen molar-refractivity contribution in [2.45, 2.75) is 115 Å². The zero-order chi connectivity index (χ0) is 35.9. The summed E-state index contributed by atoms with van der Waals surface area (Å²) in [6.45, 7) is 17.1. The smallest absolute Gasteiger partial charge is 0.246 e. The van der Waals surface area contributed by atoms with Crippen LogP contribution in [0.2, 0.25) is 18.1 Å². The van der Waals surface area contributed by atoms with Crippen LogP contribution in [0.15, 0.2) is 4.52 Å². The van der Waals surface area contributed by atoms with Gasteiger partial charge in [-0.3, -0.25) is 0 Å². The van der Waals surface area contributed by atoms with Gasteiger partial charge >= 0.3 is 0 Å². The maximum absolute atomic E-state index is 10.2. The standard InChI is InChI=1S/C37H51N9O3SSi/c1-22(25-12-10-16-44(25)5)46-34-27-33(45(17-19-47-35(27)42-46)18-20-48-51(6,7)36(2,3)4)40-32(41-34)29-23-11-8-14-37(30(23)49-43-29)15-9-13-26-28(37)24(21-38)31(39)50-26/h22,25H,8-20,39H2,1-7H3/t22-,25-,37-/m0/s1. The number of likely N-dealkylation sites (N-methyl/N-ethyl adjacent to an activating group) is 1. The first kappa shape index (κ1) is 34.6. The van der Waals surface area contributed by atoms with Crippen molar-refractivity contribution in [3.63, 3.8) is 0 Å². The number of thiophene rings is 1. The highest BCUT2D eigenvalue weighted by Gasteiger charge is 2.49. The molecule has 1 fully saturated rings. The van der Waals surface area contributed by atoms with E-state index in [1.807, 2.05) is 0 Å². The van der Waals surface area contributed by atoms with Crippen molar-refractivity contribution in [1.82, 2.24) is 29.8 Å². The molecule has 6 heterocycles. The number of aryl methyl sites for hydroxylation is 1. The van der Waals surface area contributed by atoms with Gasteiger partial charge in [-0.2, -0.15) is 5.26 Å². The average Bonchev–Trinajstić information content (AvgIpc) is 3.85. The molecule has 1 spiro atoms. The van der Waals surface area contributed by atoms with Crippen molar-refractivity contribution >= 4 is 41.5 Å². The van der Waals surface area contributed by atoms with Gasteiger partial charge in [0.2, 0.25) is 5.88 Å². The van der Waals surface area contributed by atoms with E-state index in [4.69, 9.17) is 39.6 Å². The fraction of sp³-hybridized carbons (Fsp3) is 0.649. The number of anilines is 2. The molecule has 14 heteroatoms. The molecular weight excluding hydrogens is 679 g/mol. The van der Waals surface area contributed by atoms with Crippen molar-refractivity contribution in [3.05, 3.63) is 27.3 Å². The number of aromatic nitrogens is 5. The second kappa shape index (κ2) is 12.6. The maximum Gasteiger partial charge on any atom is 0.246 e. The van der Waals surface area contributed by atoms with Crippen molar-refractivity contribution in [1.29, 1.82) is 5.26 Å². The summed E-state index contributed by atoms with van der Waals surface area (Å²) in [6, 6.07) is 2.85. The zero-order valence-electron chi connectivity index (χ0n) is 31.1. The van der Waals surface area contributed by atoms with Gasteiger partial charge in [0, 0.05) is 23.0 Å². The molecule has 2 aliphatic carbocycles. The first-order valence-corrected chi connectivity index (χ1v) is 22.4. The number of fused-ring (bicyclic) bond motifs is 4. The molecule has 4 aromatic heterocycles. The van der Waals surface area contributed by atoms with Gasteiger partial charge in [0.1, 0.15) is 28.9 Å². The Bertz CT molecular complexity index is 2020. The third-order valence-electron chi connectivity index (χ3n) is 12.6. The highest BCUT2D eigenvalue weighted by atomic mass is 32.1. The lowest BCUT2D eigenvalue weighted by molar-refractivity contribution is 0.227. The fourth-order valence-corrected chi connectivity index (χ4v) is 11.0. The summed E-state index contributed by atoms with van der Waals surface area (Å²) in [5.74, 6) is 2.78. The second-order valence-corrected chi connectivity index (χ2v) is 22.5. The maximum atomic E-state index is 10.2. The quantitative estimate of drug-likeness (QED) is 0.200. The summed E-state index contributed by atoms with van der Waals surface area (Å²) in [5, 5.41) is 21.6. The molecule has 0 radical (unpaired) electrons. The van der Waals surface area contributed by atoms with Crippen LogP contribution in [0.4, 0.5) is 10.8 Å². The number of nitrogen functional groups attached to an aromatic ring is 1. The molecule has 272 valence electrons. The molecule has 0 saturated carbocycles. The van der Waals surface area contributed by atoms with Crippen LogP contribution < -0.4 is 15.4 Å². The zero-order valence-corrected chi connectivity index (χ0v) is 33.0. The minimum absolute atomic E-state index is 0.0753. The summed E-state index contributed by atoms with van der Waals surface area (Å²) in [7, 11) is 0.246. The van der Waals surface area contributed by atoms with E-state index in [0.29, 0.717) is 60.3 Å². The van der Waals surface area contributed by atoms with Crippen LogP contribution in [-0.2, 0) is 22.7 Å². The van der Waals surface area contributed by atoms with Gasteiger partial charge in [-0.15, -0.1) is 16.4 Å². The lowest BCUT2D eigenvalue weighted by Gasteiger charge is -2.39. The van der Waals surface area contributed by atoms with Crippen LogP contribution in [0.3, 0.4) is 0 Å². The average molecular weight is 730 g/mol. The summed E-state index contributed by atoms with van der Waals surface area (Å²) in [4.78, 5) is 16.5. The highest BCUT2D eigenvalue weighted by molar-refractivity contribution is 7.16. The highest BCUT2D eigenvalue weighted by Crippen LogP contribution is 2.55. The van der Waals surface area contributed by atoms with Crippen LogP contribution >= 0.6 is 11.3 Å². The SMILES string of the molecule is C[C@@H]([C@@H]1CCCN1C)n1nc2c3c(nc(-c4noc5c4CCC[C@@]54CCCc5sc(N)c(C#N)c54)nc31)N(CCO[Si](C)(C)C(C)(C)C)CCO2. The Balaban J connectivity index is 1.26. The van der Waals surface area contributed by atoms with Gasteiger partial charge < -0.3 is 29.2 Å². The summed E-state index contributed by atoms with van der Waals surface area (Å²) < 4.78 is 21.5. The lowest BCUT2D eigenvalue weighted by Crippen LogP contribution is -2.43. The van der Waals surface area contributed by atoms with Gasteiger partial charge in [0.25, 0.3) is 0 Å². The first-order valence-electron chi connectivity index (χ1n) is 18.7. The summed E-state index contributed by atoms with van der Waals surface area (Å²) in [5.41, 5.74) is 10.2. The van der Waals surface area contributed by atoms with Gasteiger partial charge in [-0.05, 0) is 95.6 Å². The molecule has 12 nitrogen and oxygen atoms in total. The number of nitrogens with zero attached hydrogens (tertiary/aromatic N) is 8. The number of nitriles is 1. The largest absolute Gasteiger partial charge is 0.474 e. The van der Waals surface area contributed by atoms with Crippen LogP contribution in [0, 0.1) is 11.3 Å². The molecule has 4 aromatic rings. The van der Waals surface area contributed by atoms with E-state index in [-0.39, 0.29) is 11.1 Å². The van der Waals surface area contributed by atoms with Crippen molar-refractivity contribution in [2.75, 3.05) is 50.5 Å². The second-order valence-electron chi connectivity index (χ2n) is 16.6. The molecule has 2 aliphatic heterocycles. The van der Waals surface area contributed by atoms with Crippen LogP contribution in [-0.4, -0.2) is 84.1 Å². The number of nitrogens with two attached hydrogens (primary N) is 1.